The second kappa shape index (κ2) is 9.38. The molecule has 0 radical (unpaired) electrons. The molecule has 0 spiro atoms. The Hall–Kier alpha value is -3.07. The zero-order chi connectivity index (χ0) is 22.6. The van der Waals surface area contributed by atoms with Crippen molar-refractivity contribution in [2.24, 2.45) is 5.92 Å². The fourth-order valence-electron chi connectivity index (χ4n) is 3.53. The predicted molar refractivity (Wildman–Crippen MR) is 116 cm³/mol. The Morgan fingerprint density at radius 2 is 1.55 bits per heavy atom. The molecule has 1 heterocycles. The standard InChI is InChI=1S/C22H26N2O6S/c1-23(31(27,28)20-10-8-19(29-2)9-11-20)18-6-4-16(5-7-18)21(25)24-14-12-17(13-15-24)22(26)30-3/h4-11,17H,12-15H2,1-3H3. The molecule has 9 heteroatoms. The van der Waals surface area contributed by atoms with E-state index in [1.807, 2.05) is 0 Å². The first-order chi connectivity index (χ1) is 14.8. The second-order valence-electron chi connectivity index (χ2n) is 7.28. The zero-order valence-corrected chi connectivity index (χ0v) is 18.6. The molecule has 8 nitrogen and oxygen atoms in total. The van der Waals surface area contributed by atoms with Gasteiger partial charge in [0.15, 0.2) is 0 Å². The number of ether oxygens (including phenoxy) is 2. The summed E-state index contributed by atoms with van der Waals surface area (Å²) in [5, 5.41) is 0. The summed E-state index contributed by atoms with van der Waals surface area (Å²) < 4.78 is 36.8. The normalized spacial score (nSPS) is 14.7. The van der Waals surface area contributed by atoms with Gasteiger partial charge >= 0.3 is 5.97 Å². The Morgan fingerprint density at radius 1 is 0.968 bits per heavy atom. The highest BCUT2D eigenvalue weighted by Gasteiger charge is 2.28. The van der Waals surface area contributed by atoms with Gasteiger partial charge in [-0.3, -0.25) is 13.9 Å². The quantitative estimate of drug-likeness (QED) is 0.633. The Balaban J connectivity index is 1.69. The van der Waals surface area contributed by atoms with E-state index in [2.05, 4.69) is 0 Å². The van der Waals surface area contributed by atoms with Crippen molar-refractivity contribution in [3.63, 3.8) is 0 Å². The van der Waals surface area contributed by atoms with Gasteiger partial charge in [-0.25, -0.2) is 8.42 Å². The summed E-state index contributed by atoms with van der Waals surface area (Å²) in [5.41, 5.74) is 0.910. The van der Waals surface area contributed by atoms with Crippen LogP contribution in [0.15, 0.2) is 53.4 Å². The van der Waals surface area contributed by atoms with E-state index in [0.29, 0.717) is 42.9 Å². The van der Waals surface area contributed by atoms with Crippen LogP contribution in [-0.4, -0.2) is 59.6 Å². The van der Waals surface area contributed by atoms with Crippen molar-refractivity contribution in [3.8, 4) is 5.75 Å². The summed E-state index contributed by atoms with van der Waals surface area (Å²) in [6.45, 7) is 0.957. The number of nitrogens with zero attached hydrogens (tertiary/aromatic N) is 2. The first kappa shape index (κ1) is 22.6. The van der Waals surface area contributed by atoms with Gasteiger partial charge in [-0.1, -0.05) is 0 Å². The van der Waals surface area contributed by atoms with Crippen LogP contribution in [0.1, 0.15) is 23.2 Å². The molecule has 1 aliphatic rings. The lowest BCUT2D eigenvalue weighted by Gasteiger charge is -2.30. The van der Waals surface area contributed by atoms with Crippen LogP contribution in [0.2, 0.25) is 0 Å². The van der Waals surface area contributed by atoms with E-state index in [1.54, 1.807) is 41.3 Å². The summed E-state index contributed by atoms with van der Waals surface area (Å²) in [6, 6.07) is 12.6. The molecule has 0 aliphatic carbocycles. The van der Waals surface area contributed by atoms with Crippen LogP contribution in [0, 0.1) is 5.92 Å². The molecule has 3 rings (SSSR count). The predicted octanol–water partition coefficient (Wildman–Crippen LogP) is 2.55. The number of hydrogen-bond acceptors (Lipinski definition) is 6. The number of methoxy groups -OCH3 is 2. The molecule has 0 aromatic heterocycles. The van der Waals surface area contributed by atoms with Crippen molar-refractivity contribution in [2.75, 3.05) is 38.7 Å². The van der Waals surface area contributed by atoms with Crippen molar-refractivity contribution < 1.29 is 27.5 Å². The molecule has 0 N–H and O–H groups in total. The Bertz CT molecular complexity index is 1030. The van der Waals surface area contributed by atoms with Gasteiger partial charge in [0.2, 0.25) is 0 Å². The summed E-state index contributed by atoms with van der Waals surface area (Å²) in [7, 11) is 0.600. The van der Waals surface area contributed by atoms with Gasteiger partial charge in [0.1, 0.15) is 5.75 Å². The average molecular weight is 447 g/mol. The minimum Gasteiger partial charge on any atom is -0.497 e. The van der Waals surface area contributed by atoms with E-state index >= 15 is 0 Å². The summed E-state index contributed by atoms with van der Waals surface area (Å²) in [4.78, 5) is 26.3. The van der Waals surface area contributed by atoms with Crippen LogP contribution in [0.4, 0.5) is 5.69 Å². The molecule has 166 valence electrons. The first-order valence-electron chi connectivity index (χ1n) is 9.88. The van der Waals surface area contributed by atoms with Crippen molar-refractivity contribution in [1.82, 2.24) is 4.90 Å². The van der Waals surface area contributed by atoms with Crippen molar-refractivity contribution >= 4 is 27.6 Å². The van der Waals surface area contributed by atoms with Crippen LogP contribution in [-0.2, 0) is 19.6 Å². The lowest BCUT2D eigenvalue weighted by molar-refractivity contribution is -0.146. The van der Waals surface area contributed by atoms with E-state index in [0.717, 1.165) is 0 Å². The third-order valence-corrected chi connectivity index (χ3v) is 7.31. The topological polar surface area (TPSA) is 93.2 Å². The molecule has 1 fully saturated rings. The van der Waals surface area contributed by atoms with E-state index in [-0.39, 0.29) is 22.7 Å². The number of anilines is 1. The molecule has 1 aliphatic heterocycles. The van der Waals surface area contributed by atoms with Crippen LogP contribution < -0.4 is 9.04 Å². The molecule has 2 aromatic carbocycles. The molecule has 0 saturated carbocycles. The fraction of sp³-hybridized carbons (Fsp3) is 0.364. The van der Waals surface area contributed by atoms with Crippen molar-refractivity contribution in [2.45, 2.75) is 17.7 Å². The highest BCUT2D eigenvalue weighted by Crippen LogP contribution is 2.25. The van der Waals surface area contributed by atoms with Crippen LogP contribution in [0.5, 0.6) is 5.75 Å². The highest BCUT2D eigenvalue weighted by molar-refractivity contribution is 7.92. The molecule has 31 heavy (non-hydrogen) atoms. The number of carbonyl (C=O) groups is 2. The van der Waals surface area contributed by atoms with Gasteiger partial charge in [0.25, 0.3) is 15.9 Å². The van der Waals surface area contributed by atoms with Crippen molar-refractivity contribution in [1.29, 1.82) is 0 Å². The number of carbonyl (C=O) groups excluding carboxylic acids is 2. The van der Waals surface area contributed by atoms with Gasteiger partial charge in [-0.15, -0.1) is 0 Å². The summed E-state index contributed by atoms with van der Waals surface area (Å²) in [6.07, 6.45) is 1.14. The zero-order valence-electron chi connectivity index (χ0n) is 17.8. The number of likely N-dealkylation sites (tertiary alicyclic amines) is 1. The molecular weight excluding hydrogens is 420 g/mol. The number of rotatable bonds is 6. The molecule has 0 bridgehead atoms. The Labute approximate surface area is 182 Å². The molecule has 1 saturated heterocycles. The number of hydrogen-bond donors (Lipinski definition) is 0. The second-order valence-corrected chi connectivity index (χ2v) is 9.25. The van der Waals surface area contributed by atoms with Gasteiger partial charge in [0.05, 0.1) is 30.7 Å². The van der Waals surface area contributed by atoms with Gasteiger partial charge in [-0.05, 0) is 61.4 Å². The molecular formula is C22H26N2O6S. The summed E-state index contributed by atoms with van der Waals surface area (Å²) in [5.74, 6) is 0.0152. The third-order valence-electron chi connectivity index (χ3n) is 5.51. The Kier molecular flexibility index (Phi) is 6.84. The average Bonchev–Trinajstić information content (AvgIpc) is 2.82. The molecule has 2 aromatic rings. The molecule has 0 atom stereocenters. The van der Waals surface area contributed by atoms with E-state index < -0.39 is 10.0 Å². The maximum absolute atomic E-state index is 12.9. The largest absolute Gasteiger partial charge is 0.497 e. The number of amides is 1. The van der Waals surface area contributed by atoms with Gasteiger partial charge in [-0.2, -0.15) is 0 Å². The Morgan fingerprint density at radius 3 is 2.06 bits per heavy atom. The van der Waals surface area contributed by atoms with Crippen LogP contribution in [0.3, 0.4) is 0 Å². The van der Waals surface area contributed by atoms with Gasteiger partial charge < -0.3 is 14.4 Å². The third kappa shape index (κ3) is 4.82. The minimum atomic E-state index is -3.75. The molecule has 1 amide bonds. The highest BCUT2D eigenvalue weighted by atomic mass is 32.2. The van der Waals surface area contributed by atoms with Crippen molar-refractivity contribution in [3.05, 3.63) is 54.1 Å². The minimum absolute atomic E-state index is 0.143. The van der Waals surface area contributed by atoms with Gasteiger partial charge in [0, 0.05) is 25.7 Å². The number of sulfonamides is 1. The lowest BCUT2D eigenvalue weighted by atomic mass is 9.96. The smallest absolute Gasteiger partial charge is 0.308 e. The molecule has 0 unspecified atom stereocenters. The van der Waals surface area contributed by atoms with E-state index in [4.69, 9.17) is 9.47 Å². The maximum Gasteiger partial charge on any atom is 0.308 e. The number of benzene rings is 2. The maximum atomic E-state index is 12.9. The number of piperidine rings is 1. The van der Waals surface area contributed by atoms with E-state index in [1.165, 1.54) is 37.7 Å². The van der Waals surface area contributed by atoms with E-state index in [9.17, 15) is 18.0 Å². The fourth-order valence-corrected chi connectivity index (χ4v) is 4.72. The van der Waals surface area contributed by atoms with Crippen LogP contribution in [0.25, 0.3) is 0 Å². The number of esters is 1. The summed E-state index contributed by atoms with van der Waals surface area (Å²) >= 11 is 0. The lowest BCUT2D eigenvalue weighted by Crippen LogP contribution is -2.40. The first-order valence-corrected chi connectivity index (χ1v) is 11.3. The SMILES string of the molecule is COC(=O)C1CCN(C(=O)c2ccc(N(C)S(=O)(=O)c3ccc(OC)cc3)cc2)CC1. The van der Waals surface area contributed by atoms with Crippen LogP contribution >= 0.6 is 0 Å². The monoisotopic (exact) mass is 446 g/mol.